The molecule has 0 aromatic rings. The minimum Gasteiger partial charge on any atom is -0.393 e. The lowest BCUT2D eigenvalue weighted by Gasteiger charge is -2.58. The average Bonchev–Trinajstić information content (AvgIpc) is 2.42. The number of allylic oxidation sites excluding steroid dienone is 2. The second-order valence-electron chi connectivity index (χ2n) is 8.77. The maximum absolute atomic E-state index is 10.5. The van der Waals surface area contributed by atoms with Crippen molar-refractivity contribution >= 4 is 0 Å². The molecule has 5 atom stereocenters. The molecule has 2 N–H and O–H groups in total. The monoisotopic (exact) mass is 306 g/mol. The zero-order chi connectivity index (χ0) is 16.8. The highest BCUT2D eigenvalue weighted by Gasteiger charge is 2.54. The summed E-state index contributed by atoms with van der Waals surface area (Å²) >= 11 is 0. The number of hydrogen-bond donors (Lipinski definition) is 2. The van der Waals surface area contributed by atoms with Crippen LogP contribution in [0.1, 0.15) is 66.7 Å². The van der Waals surface area contributed by atoms with Gasteiger partial charge in [0.25, 0.3) is 0 Å². The third kappa shape index (κ3) is 2.92. The Bertz CT molecular complexity index is 460. The maximum Gasteiger partial charge on any atom is 0.0797 e. The fraction of sp³-hybridized carbons (Fsp3) is 0.800. The van der Waals surface area contributed by atoms with Gasteiger partial charge in [0.2, 0.25) is 0 Å². The highest BCUT2D eigenvalue weighted by atomic mass is 16.3. The van der Waals surface area contributed by atoms with Crippen LogP contribution in [0.3, 0.4) is 0 Å². The number of rotatable bonds is 4. The molecule has 0 aromatic carbocycles. The topological polar surface area (TPSA) is 40.5 Å². The smallest absolute Gasteiger partial charge is 0.0797 e. The highest BCUT2D eigenvalue weighted by Crippen LogP contribution is 2.60. The molecule has 0 unspecified atom stereocenters. The average molecular weight is 306 g/mol. The summed E-state index contributed by atoms with van der Waals surface area (Å²) in [7, 11) is 0. The lowest BCUT2D eigenvalue weighted by molar-refractivity contribution is -0.117. The van der Waals surface area contributed by atoms with Crippen LogP contribution in [0.2, 0.25) is 0 Å². The first-order valence-corrected chi connectivity index (χ1v) is 8.75. The molecule has 1 fully saturated rings. The molecular formula is C20H34O2. The number of aliphatic hydroxyl groups excluding tert-OH is 1. The predicted octanol–water partition coefficient (Wildman–Crippen LogP) is 4.47. The summed E-state index contributed by atoms with van der Waals surface area (Å²) in [6.45, 7) is 14.7. The molecule has 0 amide bonds. The van der Waals surface area contributed by atoms with Crippen molar-refractivity contribution in [2.45, 2.75) is 78.4 Å². The summed E-state index contributed by atoms with van der Waals surface area (Å²) in [6, 6.07) is 0. The summed E-state index contributed by atoms with van der Waals surface area (Å²) in [5.74, 6) is 0.996. The second-order valence-corrected chi connectivity index (χ2v) is 8.77. The Morgan fingerprint density at radius 1 is 1.41 bits per heavy atom. The Morgan fingerprint density at radius 2 is 2.05 bits per heavy atom. The van der Waals surface area contributed by atoms with E-state index in [2.05, 4.69) is 40.3 Å². The number of fused-ring (bicyclic) bond motifs is 1. The summed E-state index contributed by atoms with van der Waals surface area (Å²) in [5, 5.41) is 20.8. The molecule has 2 rings (SSSR count). The van der Waals surface area contributed by atoms with Crippen LogP contribution in [0.5, 0.6) is 0 Å². The predicted molar refractivity (Wildman–Crippen MR) is 92.5 cm³/mol. The third-order valence-electron chi connectivity index (χ3n) is 6.91. The fourth-order valence-corrected chi connectivity index (χ4v) is 5.13. The van der Waals surface area contributed by atoms with Crippen molar-refractivity contribution in [3.05, 3.63) is 24.3 Å². The van der Waals surface area contributed by atoms with Crippen molar-refractivity contribution in [1.29, 1.82) is 0 Å². The molecule has 2 nitrogen and oxygen atoms in total. The van der Waals surface area contributed by atoms with Crippen LogP contribution in [0.15, 0.2) is 24.3 Å². The number of hydrogen-bond acceptors (Lipinski definition) is 2. The van der Waals surface area contributed by atoms with Gasteiger partial charge in [0.15, 0.2) is 0 Å². The first-order chi connectivity index (χ1) is 10.0. The lowest BCUT2D eigenvalue weighted by atomic mass is 9.47. The van der Waals surface area contributed by atoms with Crippen LogP contribution in [0.4, 0.5) is 0 Å². The molecule has 0 saturated heterocycles. The van der Waals surface area contributed by atoms with Crippen LogP contribution in [-0.4, -0.2) is 21.9 Å². The number of aliphatic hydroxyl groups is 2. The second kappa shape index (κ2) is 5.79. The largest absolute Gasteiger partial charge is 0.393 e. The van der Waals surface area contributed by atoms with Gasteiger partial charge in [-0.2, -0.15) is 0 Å². The van der Waals surface area contributed by atoms with Gasteiger partial charge >= 0.3 is 0 Å². The van der Waals surface area contributed by atoms with Gasteiger partial charge in [-0.05, 0) is 68.6 Å². The van der Waals surface area contributed by atoms with E-state index in [1.165, 1.54) is 5.57 Å². The zero-order valence-electron chi connectivity index (χ0n) is 15.0. The van der Waals surface area contributed by atoms with Crippen molar-refractivity contribution in [3.63, 3.8) is 0 Å². The summed E-state index contributed by atoms with van der Waals surface area (Å²) in [4.78, 5) is 0. The van der Waals surface area contributed by atoms with E-state index >= 15 is 0 Å². The molecule has 2 aliphatic carbocycles. The van der Waals surface area contributed by atoms with E-state index in [0.717, 1.165) is 32.1 Å². The zero-order valence-corrected chi connectivity index (χ0v) is 15.0. The van der Waals surface area contributed by atoms with Crippen LogP contribution in [0, 0.1) is 22.7 Å². The Kier molecular flexibility index (Phi) is 4.68. The van der Waals surface area contributed by atoms with Gasteiger partial charge in [-0.3, -0.25) is 0 Å². The summed E-state index contributed by atoms with van der Waals surface area (Å²) < 4.78 is 0. The van der Waals surface area contributed by atoms with E-state index in [4.69, 9.17) is 0 Å². The molecule has 0 heterocycles. The normalized spacial score (nSPS) is 40.3. The van der Waals surface area contributed by atoms with Gasteiger partial charge < -0.3 is 10.2 Å². The molecule has 2 heteroatoms. The Balaban J connectivity index is 2.28. The van der Waals surface area contributed by atoms with E-state index in [1.54, 1.807) is 6.08 Å². The van der Waals surface area contributed by atoms with Crippen molar-refractivity contribution < 1.29 is 10.2 Å². The maximum atomic E-state index is 10.5. The lowest BCUT2D eigenvalue weighted by Crippen LogP contribution is -2.54. The van der Waals surface area contributed by atoms with Gasteiger partial charge in [-0.15, -0.1) is 6.58 Å². The molecule has 0 bridgehead atoms. The van der Waals surface area contributed by atoms with Crippen molar-refractivity contribution in [3.8, 4) is 0 Å². The van der Waals surface area contributed by atoms with E-state index in [9.17, 15) is 10.2 Å². The molecule has 0 spiro atoms. The van der Waals surface area contributed by atoms with Crippen molar-refractivity contribution in [1.82, 2.24) is 0 Å². The highest BCUT2D eigenvalue weighted by molar-refractivity contribution is 5.19. The van der Waals surface area contributed by atoms with Crippen molar-refractivity contribution in [2.24, 2.45) is 22.7 Å². The first kappa shape index (κ1) is 17.7. The fourth-order valence-electron chi connectivity index (χ4n) is 5.13. The molecule has 2 aliphatic rings. The first-order valence-electron chi connectivity index (χ1n) is 8.75. The van der Waals surface area contributed by atoms with Gasteiger partial charge in [-0.25, -0.2) is 0 Å². The van der Waals surface area contributed by atoms with Gasteiger partial charge in [0.1, 0.15) is 0 Å². The quantitative estimate of drug-likeness (QED) is 0.752. The molecule has 0 aliphatic heterocycles. The Labute approximate surface area is 136 Å². The van der Waals surface area contributed by atoms with E-state index in [1.807, 2.05) is 6.92 Å². The van der Waals surface area contributed by atoms with Crippen LogP contribution < -0.4 is 0 Å². The minimum atomic E-state index is -0.784. The van der Waals surface area contributed by atoms with E-state index in [-0.39, 0.29) is 16.9 Å². The molecule has 22 heavy (non-hydrogen) atoms. The van der Waals surface area contributed by atoms with Crippen LogP contribution in [-0.2, 0) is 0 Å². The molecule has 126 valence electrons. The summed E-state index contributed by atoms with van der Waals surface area (Å²) in [6.07, 6.45) is 8.60. The van der Waals surface area contributed by atoms with Gasteiger partial charge in [0, 0.05) is 0 Å². The van der Waals surface area contributed by atoms with Gasteiger partial charge in [-0.1, -0.05) is 38.5 Å². The third-order valence-corrected chi connectivity index (χ3v) is 6.91. The SMILES string of the molecule is C=C[C@](C)(O)CC[C@H]1C(C)=CC[C@@H]2C(C)(C)[C@H](O)CC[C@@]21C. The Hall–Kier alpha value is -0.600. The Morgan fingerprint density at radius 3 is 2.64 bits per heavy atom. The van der Waals surface area contributed by atoms with Gasteiger partial charge in [0.05, 0.1) is 11.7 Å². The van der Waals surface area contributed by atoms with Crippen LogP contribution >= 0.6 is 0 Å². The van der Waals surface area contributed by atoms with Crippen molar-refractivity contribution in [2.75, 3.05) is 0 Å². The minimum absolute atomic E-state index is 0.0383. The molecule has 0 aromatic heterocycles. The molecule has 0 radical (unpaired) electrons. The van der Waals surface area contributed by atoms with E-state index < -0.39 is 5.60 Å². The summed E-state index contributed by atoms with van der Waals surface area (Å²) in [5.41, 5.74) is 0.862. The standard InChI is InChI=1S/C20H34O2/c1-7-19(5,22)12-10-15-14(2)8-9-16-18(3,4)17(21)11-13-20(15,16)6/h7-8,15-17,21-22H,1,9-13H2,2-6H3/t15-,16+,17+,19-,20+/m0/s1. The van der Waals surface area contributed by atoms with E-state index in [0.29, 0.717) is 11.8 Å². The molecule has 1 saturated carbocycles. The molecular weight excluding hydrogens is 272 g/mol. The van der Waals surface area contributed by atoms with Crippen LogP contribution in [0.25, 0.3) is 0 Å².